The molecule has 0 aromatic carbocycles. The lowest BCUT2D eigenvalue weighted by Crippen LogP contribution is -2.16. The summed E-state index contributed by atoms with van der Waals surface area (Å²) in [6.07, 6.45) is 0. The minimum Gasteiger partial charge on any atom is -0.477 e. The van der Waals surface area contributed by atoms with Gasteiger partial charge in [-0.15, -0.1) is 0 Å². The van der Waals surface area contributed by atoms with E-state index in [1.807, 2.05) is 0 Å². The molecule has 0 unspecified atom stereocenters. The van der Waals surface area contributed by atoms with Crippen molar-refractivity contribution in [1.82, 2.24) is 15.2 Å². The molecule has 2 heterocycles. The third-order valence-corrected chi connectivity index (χ3v) is 2.51. The number of rotatable bonds is 3. The maximum Gasteiger partial charge on any atom is 0.341 e. The van der Waals surface area contributed by atoms with E-state index in [4.69, 9.17) is 5.11 Å². The van der Waals surface area contributed by atoms with Crippen molar-refractivity contribution in [2.24, 2.45) is 0 Å². The molecule has 0 aliphatic heterocycles. The molecule has 2 rings (SSSR count). The van der Waals surface area contributed by atoms with Crippen LogP contribution in [0.1, 0.15) is 32.2 Å². The summed E-state index contributed by atoms with van der Waals surface area (Å²) in [6.45, 7) is 3.33. The van der Waals surface area contributed by atoms with Gasteiger partial charge in [0.25, 0.3) is 5.91 Å². The number of carbonyl (C=O) groups is 2. The van der Waals surface area contributed by atoms with Gasteiger partial charge in [-0.05, 0) is 26.0 Å². The number of aromatic carboxylic acids is 1. The Labute approximate surface area is 108 Å². The lowest BCUT2D eigenvalue weighted by atomic mass is 10.2. The molecule has 19 heavy (non-hydrogen) atoms. The highest BCUT2D eigenvalue weighted by atomic mass is 16.4. The number of carboxylic acids is 1. The molecular formula is C12H12N4O3. The fraction of sp³-hybridized carbons (Fsp3) is 0.167. The first-order valence-electron chi connectivity index (χ1n) is 5.52. The Hall–Kier alpha value is -2.70. The predicted molar refractivity (Wildman–Crippen MR) is 67.2 cm³/mol. The van der Waals surface area contributed by atoms with Crippen molar-refractivity contribution < 1.29 is 14.7 Å². The molecule has 0 saturated heterocycles. The van der Waals surface area contributed by atoms with Crippen LogP contribution in [-0.4, -0.2) is 32.2 Å². The quantitative estimate of drug-likeness (QED) is 0.772. The van der Waals surface area contributed by atoms with Crippen LogP contribution in [0.25, 0.3) is 0 Å². The molecule has 2 aromatic heterocycles. The molecule has 7 nitrogen and oxygen atoms in total. The molecule has 3 N–H and O–H groups in total. The van der Waals surface area contributed by atoms with Gasteiger partial charge in [0.1, 0.15) is 11.3 Å². The van der Waals surface area contributed by atoms with Gasteiger partial charge in [-0.3, -0.25) is 9.89 Å². The van der Waals surface area contributed by atoms with E-state index in [-0.39, 0.29) is 17.1 Å². The van der Waals surface area contributed by atoms with Crippen LogP contribution in [0.2, 0.25) is 0 Å². The van der Waals surface area contributed by atoms with Crippen molar-refractivity contribution in [1.29, 1.82) is 0 Å². The van der Waals surface area contributed by atoms with E-state index in [1.54, 1.807) is 32.0 Å². The normalized spacial score (nSPS) is 10.2. The summed E-state index contributed by atoms with van der Waals surface area (Å²) in [5.41, 5.74) is 1.22. The number of H-pyrrole nitrogens is 1. The summed E-state index contributed by atoms with van der Waals surface area (Å²) in [7, 11) is 0. The van der Waals surface area contributed by atoms with E-state index in [1.165, 1.54) is 0 Å². The van der Waals surface area contributed by atoms with Gasteiger partial charge < -0.3 is 10.4 Å². The Morgan fingerprint density at radius 2 is 2.05 bits per heavy atom. The molecule has 0 aliphatic rings. The van der Waals surface area contributed by atoms with Gasteiger partial charge in [-0.2, -0.15) is 5.10 Å². The first-order chi connectivity index (χ1) is 8.99. The number of hydrogen-bond acceptors (Lipinski definition) is 4. The van der Waals surface area contributed by atoms with Crippen LogP contribution in [0, 0.1) is 13.8 Å². The summed E-state index contributed by atoms with van der Waals surface area (Å²) < 4.78 is 0. The molecule has 0 bridgehead atoms. The highest BCUT2D eigenvalue weighted by Crippen LogP contribution is 2.16. The molecule has 0 fully saturated rings. The number of nitrogens with zero attached hydrogens (tertiary/aromatic N) is 2. The number of amides is 1. The first kappa shape index (κ1) is 12.7. The summed E-state index contributed by atoms with van der Waals surface area (Å²) in [6, 6.07) is 5.01. The Morgan fingerprint density at radius 1 is 1.32 bits per heavy atom. The molecule has 0 saturated carbocycles. The number of anilines is 1. The zero-order valence-electron chi connectivity index (χ0n) is 10.4. The van der Waals surface area contributed by atoms with Crippen LogP contribution in [0.4, 0.5) is 5.82 Å². The monoisotopic (exact) mass is 260 g/mol. The third-order valence-electron chi connectivity index (χ3n) is 2.51. The molecular weight excluding hydrogens is 248 g/mol. The topological polar surface area (TPSA) is 108 Å². The average Bonchev–Trinajstić information content (AvgIpc) is 2.70. The second-order valence-electron chi connectivity index (χ2n) is 4.00. The van der Waals surface area contributed by atoms with Crippen LogP contribution in [0.3, 0.4) is 0 Å². The van der Waals surface area contributed by atoms with Crippen LogP contribution in [0.15, 0.2) is 18.2 Å². The van der Waals surface area contributed by atoms with Gasteiger partial charge in [-0.1, -0.05) is 6.07 Å². The van der Waals surface area contributed by atoms with Gasteiger partial charge in [0.15, 0.2) is 5.82 Å². The maximum absolute atomic E-state index is 11.9. The van der Waals surface area contributed by atoms with Crippen molar-refractivity contribution >= 4 is 17.7 Å². The van der Waals surface area contributed by atoms with Crippen LogP contribution >= 0.6 is 0 Å². The van der Waals surface area contributed by atoms with E-state index in [0.29, 0.717) is 11.4 Å². The second kappa shape index (κ2) is 4.89. The highest BCUT2D eigenvalue weighted by Gasteiger charge is 2.19. The summed E-state index contributed by atoms with van der Waals surface area (Å²) in [4.78, 5) is 27.0. The van der Waals surface area contributed by atoms with E-state index in [9.17, 15) is 9.59 Å². The lowest BCUT2D eigenvalue weighted by Gasteiger charge is -2.03. The number of carboxylic acid groups (broad SMARTS) is 1. The fourth-order valence-electron chi connectivity index (χ4n) is 1.62. The number of aromatic amines is 1. The minimum atomic E-state index is -1.15. The smallest absolute Gasteiger partial charge is 0.341 e. The summed E-state index contributed by atoms with van der Waals surface area (Å²) in [5.74, 6) is -1.67. The van der Waals surface area contributed by atoms with E-state index < -0.39 is 11.9 Å². The highest BCUT2D eigenvalue weighted by molar-refractivity contribution is 6.06. The number of hydrogen-bond donors (Lipinski definition) is 3. The standard InChI is InChI=1S/C12H12N4O3/c1-6-4-3-5-8(13-6)11(17)14-10-9(12(18)19)7(2)15-16-10/h3-5H,1-2H3,(H,18,19)(H2,14,15,16,17). The lowest BCUT2D eigenvalue weighted by molar-refractivity contribution is 0.0697. The van der Waals surface area contributed by atoms with Crippen molar-refractivity contribution in [3.63, 3.8) is 0 Å². The van der Waals surface area contributed by atoms with Crippen LogP contribution in [0.5, 0.6) is 0 Å². The predicted octanol–water partition coefficient (Wildman–Crippen LogP) is 1.37. The molecule has 0 radical (unpaired) electrons. The number of aromatic nitrogens is 3. The Morgan fingerprint density at radius 3 is 2.68 bits per heavy atom. The first-order valence-corrected chi connectivity index (χ1v) is 5.52. The minimum absolute atomic E-state index is 0.0155. The van der Waals surface area contributed by atoms with Gasteiger partial charge in [0, 0.05) is 11.4 Å². The largest absolute Gasteiger partial charge is 0.477 e. The third kappa shape index (κ3) is 2.59. The molecule has 0 atom stereocenters. The van der Waals surface area contributed by atoms with Crippen molar-refractivity contribution in [2.45, 2.75) is 13.8 Å². The number of carbonyl (C=O) groups excluding carboxylic acids is 1. The molecule has 0 spiro atoms. The van der Waals surface area contributed by atoms with Crippen molar-refractivity contribution in [3.8, 4) is 0 Å². The number of nitrogens with one attached hydrogen (secondary N) is 2. The van der Waals surface area contributed by atoms with Gasteiger partial charge in [0.2, 0.25) is 0 Å². The van der Waals surface area contributed by atoms with Gasteiger partial charge in [0.05, 0.1) is 0 Å². The summed E-state index contributed by atoms with van der Waals surface area (Å²) >= 11 is 0. The maximum atomic E-state index is 11.9. The van der Waals surface area contributed by atoms with Gasteiger partial charge >= 0.3 is 5.97 Å². The zero-order chi connectivity index (χ0) is 14.0. The van der Waals surface area contributed by atoms with E-state index >= 15 is 0 Å². The van der Waals surface area contributed by atoms with Crippen molar-refractivity contribution in [3.05, 3.63) is 40.8 Å². The van der Waals surface area contributed by atoms with Crippen LogP contribution < -0.4 is 5.32 Å². The van der Waals surface area contributed by atoms with Gasteiger partial charge in [-0.25, -0.2) is 9.78 Å². The number of pyridine rings is 1. The Balaban J connectivity index is 2.27. The number of aryl methyl sites for hydroxylation is 2. The fourth-order valence-corrected chi connectivity index (χ4v) is 1.62. The molecule has 2 aromatic rings. The van der Waals surface area contributed by atoms with E-state index in [2.05, 4.69) is 20.5 Å². The molecule has 7 heteroatoms. The second-order valence-corrected chi connectivity index (χ2v) is 4.00. The summed E-state index contributed by atoms with van der Waals surface area (Å²) in [5, 5.41) is 17.7. The average molecular weight is 260 g/mol. The SMILES string of the molecule is Cc1cccc(C(=O)Nc2n[nH]c(C)c2C(=O)O)n1. The zero-order valence-corrected chi connectivity index (χ0v) is 10.4. The van der Waals surface area contributed by atoms with Crippen molar-refractivity contribution in [2.75, 3.05) is 5.32 Å². The Bertz CT molecular complexity index is 648. The van der Waals surface area contributed by atoms with Crippen LogP contribution in [-0.2, 0) is 0 Å². The molecule has 1 amide bonds. The molecule has 98 valence electrons. The molecule has 0 aliphatic carbocycles. The Kier molecular flexibility index (Phi) is 3.28. The van der Waals surface area contributed by atoms with E-state index in [0.717, 1.165) is 0 Å².